The molecule has 38 heavy (non-hydrogen) atoms. The van der Waals surface area contributed by atoms with Crippen LogP contribution in [0.3, 0.4) is 0 Å². The molecule has 2 N–H and O–H groups in total. The second-order valence-electron chi connectivity index (χ2n) is 10.9. The van der Waals surface area contributed by atoms with E-state index in [1.807, 2.05) is 0 Å². The maximum absolute atomic E-state index is 13.8. The van der Waals surface area contributed by atoms with Crippen LogP contribution < -0.4 is 5.32 Å². The Morgan fingerprint density at radius 3 is 2.26 bits per heavy atom. The lowest BCUT2D eigenvalue weighted by molar-refractivity contribution is -0.141. The predicted molar refractivity (Wildman–Crippen MR) is 138 cm³/mol. The lowest BCUT2D eigenvalue weighted by Crippen LogP contribution is -2.56. The van der Waals surface area contributed by atoms with E-state index in [-0.39, 0.29) is 18.7 Å². The molecule has 4 atom stereocenters. The van der Waals surface area contributed by atoms with Crippen LogP contribution in [0.2, 0.25) is 0 Å². The number of carbonyl (C=O) groups excluding carboxylic acids is 4. The van der Waals surface area contributed by atoms with E-state index < -0.39 is 71.4 Å². The van der Waals surface area contributed by atoms with Gasteiger partial charge in [0.15, 0.2) is 0 Å². The van der Waals surface area contributed by atoms with E-state index in [4.69, 9.17) is 15.4 Å². The number of nitrogens with zero attached hydrogens (tertiary/aromatic N) is 6. The van der Waals surface area contributed by atoms with Gasteiger partial charge in [0.1, 0.15) is 23.9 Å². The number of azide groups is 1. The fourth-order valence-electron chi connectivity index (χ4n) is 3.98. The Morgan fingerprint density at radius 1 is 1.21 bits per heavy atom. The Balaban J connectivity index is 3.34. The van der Waals surface area contributed by atoms with Crippen molar-refractivity contribution in [2.45, 2.75) is 85.0 Å². The largest absolute Gasteiger partial charge is 0.480 e. The van der Waals surface area contributed by atoms with Crippen LogP contribution in [0.4, 0.5) is 4.79 Å². The Kier molecular flexibility index (Phi) is 10.8. The maximum atomic E-state index is 13.8. The van der Waals surface area contributed by atoms with Crippen LogP contribution in [-0.2, 0) is 23.9 Å². The number of carboxylic acids is 1. The van der Waals surface area contributed by atoms with Gasteiger partial charge in [-0.05, 0) is 46.6 Å². The lowest BCUT2D eigenvalue weighted by atomic mass is 9.82. The summed E-state index contributed by atoms with van der Waals surface area (Å²) < 4.78 is 5.29. The van der Waals surface area contributed by atoms with E-state index in [1.54, 1.807) is 48.5 Å². The number of rotatable bonds is 9. The molecule has 1 aliphatic heterocycles. The monoisotopic (exact) mass is 537 g/mol. The molecule has 1 unspecified atom stereocenters. The van der Waals surface area contributed by atoms with E-state index in [1.165, 1.54) is 18.9 Å². The minimum atomic E-state index is -1.22. The number of aliphatic imine (C=N–C) groups is 1. The molecule has 0 aromatic rings. The molecule has 1 aliphatic rings. The zero-order valence-electron chi connectivity index (χ0n) is 23.5. The van der Waals surface area contributed by atoms with Crippen LogP contribution in [0, 0.1) is 11.8 Å². The van der Waals surface area contributed by atoms with Crippen molar-refractivity contribution < 1.29 is 33.8 Å². The SMILES string of the molecule is CC(C)/C(=N\C(=O)[C@H](C)N(C)C(=O)OC(C)(C)C)C(=O)N1C[C@@H](N=[N+]=[N-])C[C@]1(C)C(C)C(=O)NCC(=O)O. The summed E-state index contributed by atoms with van der Waals surface area (Å²) in [6, 6.07) is -1.68. The van der Waals surface area contributed by atoms with Gasteiger partial charge in [-0.25, -0.2) is 9.79 Å². The molecule has 14 nitrogen and oxygen atoms in total. The van der Waals surface area contributed by atoms with Crippen LogP contribution in [0.25, 0.3) is 10.4 Å². The van der Waals surface area contributed by atoms with Crippen LogP contribution in [0.1, 0.15) is 61.8 Å². The maximum Gasteiger partial charge on any atom is 0.410 e. The summed E-state index contributed by atoms with van der Waals surface area (Å²) in [6.07, 6.45) is -0.585. The van der Waals surface area contributed by atoms with Gasteiger partial charge in [-0.15, -0.1) is 0 Å². The van der Waals surface area contributed by atoms with E-state index in [0.717, 1.165) is 4.90 Å². The molecule has 0 spiro atoms. The van der Waals surface area contributed by atoms with Crippen LogP contribution >= 0.6 is 0 Å². The van der Waals surface area contributed by atoms with E-state index in [2.05, 4.69) is 20.3 Å². The number of hydrogen-bond acceptors (Lipinski definition) is 7. The summed E-state index contributed by atoms with van der Waals surface area (Å²) in [5.41, 5.74) is 6.93. The quantitative estimate of drug-likeness (QED) is 0.195. The van der Waals surface area contributed by atoms with E-state index in [9.17, 15) is 24.0 Å². The number of nitrogens with one attached hydrogen (secondary N) is 1. The first-order valence-electron chi connectivity index (χ1n) is 12.3. The molecule has 4 amide bonds. The second kappa shape index (κ2) is 12.7. The van der Waals surface area contributed by atoms with Crippen LogP contribution in [0.5, 0.6) is 0 Å². The molecule has 212 valence electrons. The van der Waals surface area contributed by atoms with Gasteiger partial charge in [0.05, 0.1) is 17.5 Å². The average Bonchev–Trinajstić information content (AvgIpc) is 3.14. The standard InChI is InChI=1S/C24H39N7O7/c1-13(2)18(27-20(35)15(4)30(9)22(37)38-23(5,6)7)21(36)31-12-16(28-29-25)10-24(31,8)14(3)19(34)26-11-17(32)33/h13-16H,10-12H2,1-9H3,(H,26,34)(H,32,33)/b27-18+/t14?,15-,16-,24+/m0/s1. The van der Waals surface area contributed by atoms with Crippen molar-refractivity contribution in [2.24, 2.45) is 21.9 Å². The minimum absolute atomic E-state index is 0.0246. The first-order chi connectivity index (χ1) is 17.3. The molecule has 14 heteroatoms. The van der Waals surface area contributed by atoms with Crippen molar-refractivity contribution in [3.63, 3.8) is 0 Å². The Morgan fingerprint density at radius 2 is 1.79 bits per heavy atom. The first kappa shape index (κ1) is 32.4. The third-order valence-corrected chi connectivity index (χ3v) is 6.48. The molecular weight excluding hydrogens is 498 g/mol. The molecule has 0 saturated carbocycles. The summed E-state index contributed by atoms with van der Waals surface area (Å²) in [6.45, 7) is 12.5. The fourth-order valence-corrected chi connectivity index (χ4v) is 3.98. The summed E-state index contributed by atoms with van der Waals surface area (Å²) in [5, 5.41) is 14.9. The third kappa shape index (κ3) is 8.17. The number of carboxylic acid groups (broad SMARTS) is 1. The molecule has 0 radical (unpaired) electrons. The molecular formula is C24H39N7O7. The number of amides is 4. The average molecular weight is 538 g/mol. The molecule has 0 aromatic carbocycles. The van der Waals surface area contributed by atoms with Gasteiger partial charge < -0.3 is 20.1 Å². The number of hydrogen-bond donors (Lipinski definition) is 2. The normalized spacial score (nSPS) is 21.3. The van der Waals surface area contributed by atoms with Crippen LogP contribution in [0.15, 0.2) is 10.1 Å². The highest BCUT2D eigenvalue weighted by Crippen LogP contribution is 2.38. The smallest absolute Gasteiger partial charge is 0.410 e. The van der Waals surface area contributed by atoms with Crippen molar-refractivity contribution in [1.29, 1.82) is 0 Å². The second-order valence-corrected chi connectivity index (χ2v) is 10.9. The van der Waals surface area contributed by atoms with Gasteiger partial charge in [-0.3, -0.25) is 24.1 Å². The first-order valence-corrected chi connectivity index (χ1v) is 12.3. The molecule has 0 bridgehead atoms. The van der Waals surface area contributed by atoms with Crippen LogP contribution in [-0.4, -0.2) is 93.8 Å². The van der Waals surface area contributed by atoms with Crippen molar-refractivity contribution in [2.75, 3.05) is 20.1 Å². The fraction of sp³-hybridized carbons (Fsp3) is 0.750. The number of likely N-dealkylation sites (N-methyl/N-ethyl adjacent to an activating group) is 1. The highest BCUT2D eigenvalue weighted by molar-refractivity contribution is 6.41. The minimum Gasteiger partial charge on any atom is -0.480 e. The van der Waals surface area contributed by atoms with Gasteiger partial charge in [0, 0.05) is 24.4 Å². The van der Waals surface area contributed by atoms with Gasteiger partial charge in [-0.2, -0.15) is 0 Å². The van der Waals surface area contributed by atoms with Gasteiger partial charge in [0.25, 0.3) is 11.8 Å². The topological polar surface area (TPSA) is 194 Å². The highest BCUT2D eigenvalue weighted by atomic mass is 16.6. The van der Waals surface area contributed by atoms with E-state index >= 15 is 0 Å². The predicted octanol–water partition coefficient (Wildman–Crippen LogP) is 2.37. The number of ether oxygens (including phenoxy) is 1. The Labute approximate surface area is 222 Å². The zero-order valence-corrected chi connectivity index (χ0v) is 23.5. The summed E-state index contributed by atoms with van der Waals surface area (Å²) >= 11 is 0. The van der Waals surface area contributed by atoms with Crippen molar-refractivity contribution in [3.8, 4) is 0 Å². The summed E-state index contributed by atoms with van der Waals surface area (Å²) in [7, 11) is 1.39. The Hall–Kier alpha value is -3.67. The summed E-state index contributed by atoms with van der Waals surface area (Å²) in [4.78, 5) is 72.2. The number of carbonyl (C=O) groups is 5. The number of aliphatic carboxylic acids is 1. The molecule has 1 rings (SSSR count). The summed E-state index contributed by atoms with van der Waals surface area (Å²) in [5.74, 6) is -4.58. The molecule has 0 aliphatic carbocycles. The van der Waals surface area contributed by atoms with Gasteiger partial charge in [-0.1, -0.05) is 25.9 Å². The number of likely N-dealkylation sites (tertiary alicyclic amines) is 1. The zero-order chi connectivity index (χ0) is 29.6. The lowest BCUT2D eigenvalue weighted by Gasteiger charge is -2.40. The molecule has 0 aromatic heterocycles. The van der Waals surface area contributed by atoms with Gasteiger partial charge >= 0.3 is 12.1 Å². The van der Waals surface area contributed by atoms with Crippen molar-refractivity contribution >= 4 is 35.5 Å². The third-order valence-electron chi connectivity index (χ3n) is 6.48. The van der Waals surface area contributed by atoms with Crippen molar-refractivity contribution in [1.82, 2.24) is 15.1 Å². The molecule has 1 saturated heterocycles. The molecule has 1 heterocycles. The van der Waals surface area contributed by atoms with E-state index in [0.29, 0.717) is 0 Å². The highest BCUT2D eigenvalue weighted by Gasteiger charge is 2.51. The van der Waals surface area contributed by atoms with Crippen molar-refractivity contribution in [3.05, 3.63) is 10.4 Å². The molecule has 1 fully saturated rings. The van der Waals surface area contributed by atoms with Gasteiger partial charge in [0.2, 0.25) is 5.91 Å². The Bertz CT molecular complexity index is 1030.